The van der Waals surface area contributed by atoms with Gasteiger partial charge in [-0.2, -0.15) is 0 Å². The lowest BCUT2D eigenvalue weighted by atomic mass is 9.98. The van der Waals surface area contributed by atoms with Crippen molar-refractivity contribution in [1.29, 1.82) is 0 Å². The molecular weight excluding hydrogens is 337 g/mol. The Morgan fingerprint density at radius 1 is 0.923 bits per heavy atom. The fourth-order valence-corrected chi connectivity index (χ4v) is 2.84. The van der Waals surface area contributed by atoms with Crippen molar-refractivity contribution >= 4 is 10.8 Å². The van der Waals surface area contributed by atoms with Gasteiger partial charge in [-0.25, -0.2) is 13.2 Å². The largest absolute Gasteiger partial charge is 0.486 e. The Morgan fingerprint density at radius 3 is 2.31 bits per heavy atom. The van der Waals surface area contributed by atoms with Gasteiger partial charge in [0, 0.05) is 5.56 Å². The first-order valence-corrected chi connectivity index (χ1v) is 8.50. The molecule has 3 aromatic carbocycles. The van der Waals surface area contributed by atoms with Crippen LogP contribution in [-0.2, 0) is 6.42 Å². The quantitative estimate of drug-likeness (QED) is 0.478. The van der Waals surface area contributed by atoms with E-state index in [9.17, 15) is 13.2 Å². The van der Waals surface area contributed by atoms with E-state index in [1.807, 2.05) is 26.0 Å². The fourth-order valence-electron chi connectivity index (χ4n) is 2.84. The van der Waals surface area contributed by atoms with Gasteiger partial charge in [0.15, 0.2) is 23.2 Å². The Morgan fingerprint density at radius 2 is 1.65 bits per heavy atom. The standard InChI is InChI=1S/C22H19F3O/c1-3-5-12-26-18-11-10-16-13-17(15-8-6-14(4-2)7-9-15)20(23)22(25)19(16)21(18)24/h3,5-11,13H,4,12H2,1-2H3. The third kappa shape index (κ3) is 3.32. The van der Waals surface area contributed by atoms with Crippen LogP contribution >= 0.6 is 0 Å². The van der Waals surface area contributed by atoms with Crippen molar-refractivity contribution in [3.63, 3.8) is 0 Å². The summed E-state index contributed by atoms with van der Waals surface area (Å²) < 4.78 is 49.1. The SMILES string of the molecule is CC=CCOc1ccc2cc(-c3ccc(CC)cc3)c(F)c(F)c2c1F. The van der Waals surface area contributed by atoms with Gasteiger partial charge in [0.05, 0.1) is 5.39 Å². The highest BCUT2D eigenvalue weighted by Crippen LogP contribution is 2.35. The second-order valence-corrected chi connectivity index (χ2v) is 5.96. The van der Waals surface area contributed by atoms with Crippen molar-refractivity contribution in [2.75, 3.05) is 6.61 Å². The minimum atomic E-state index is -1.20. The van der Waals surface area contributed by atoms with Crippen molar-refractivity contribution in [2.45, 2.75) is 20.3 Å². The highest BCUT2D eigenvalue weighted by atomic mass is 19.2. The summed E-state index contributed by atoms with van der Waals surface area (Å²) in [6, 6.07) is 11.7. The van der Waals surface area contributed by atoms with Crippen molar-refractivity contribution in [2.24, 2.45) is 0 Å². The van der Waals surface area contributed by atoms with Crippen molar-refractivity contribution in [1.82, 2.24) is 0 Å². The molecule has 0 unspecified atom stereocenters. The van der Waals surface area contributed by atoms with Gasteiger partial charge in [-0.3, -0.25) is 0 Å². The van der Waals surface area contributed by atoms with Gasteiger partial charge in [-0.15, -0.1) is 0 Å². The smallest absolute Gasteiger partial charge is 0.175 e. The molecule has 3 aromatic rings. The summed E-state index contributed by atoms with van der Waals surface area (Å²) >= 11 is 0. The molecule has 3 rings (SSSR count). The molecule has 0 amide bonds. The maximum Gasteiger partial charge on any atom is 0.175 e. The lowest BCUT2D eigenvalue weighted by Gasteiger charge is -2.12. The number of hydrogen-bond acceptors (Lipinski definition) is 1. The summed E-state index contributed by atoms with van der Waals surface area (Å²) in [7, 11) is 0. The van der Waals surface area contributed by atoms with Crippen LogP contribution in [0.15, 0.2) is 54.6 Å². The molecule has 0 aliphatic rings. The Bertz CT molecular complexity index is 960. The molecule has 134 valence electrons. The molecule has 4 heteroatoms. The normalized spacial score (nSPS) is 11.4. The van der Waals surface area contributed by atoms with Gasteiger partial charge < -0.3 is 4.74 Å². The predicted molar refractivity (Wildman–Crippen MR) is 98.9 cm³/mol. The molecule has 26 heavy (non-hydrogen) atoms. The van der Waals surface area contributed by atoms with Crippen LogP contribution in [0.1, 0.15) is 19.4 Å². The van der Waals surface area contributed by atoms with E-state index in [0.29, 0.717) is 5.56 Å². The Kier molecular flexibility index (Phi) is 5.31. The average molecular weight is 356 g/mol. The zero-order valence-corrected chi connectivity index (χ0v) is 14.7. The molecule has 0 saturated carbocycles. The van der Waals surface area contributed by atoms with Crippen molar-refractivity contribution in [3.8, 4) is 16.9 Å². The van der Waals surface area contributed by atoms with Crippen molar-refractivity contribution < 1.29 is 17.9 Å². The molecule has 0 aliphatic heterocycles. The second kappa shape index (κ2) is 7.65. The van der Waals surface area contributed by atoms with E-state index in [2.05, 4.69) is 0 Å². The third-order valence-corrected chi connectivity index (χ3v) is 4.33. The molecule has 0 bridgehead atoms. The van der Waals surface area contributed by atoms with Crippen LogP contribution in [0.2, 0.25) is 0 Å². The van der Waals surface area contributed by atoms with E-state index in [1.54, 1.807) is 24.3 Å². The molecule has 0 heterocycles. The summed E-state index contributed by atoms with van der Waals surface area (Å²) in [5.41, 5.74) is 1.76. The zero-order valence-electron chi connectivity index (χ0n) is 14.7. The number of aryl methyl sites for hydroxylation is 1. The van der Waals surface area contributed by atoms with Crippen molar-refractivity contribution in [3.05, 3.63) is 77.6 Å². The number of rotatable bonds is 5. The van der Waals surface area contributed by atoms with Crippen LogP contribution in [0.5, 0.6) is 5.75 Å². The number of benzene rings is 3. The molecule has 1 nitrogen and oxygen atoms in total. The molecule has 0 saturated heterocycles. The van der Waals surface area contributed by atoms with Crippen LogP contribution in [0, 0.1) is 17.5 Å². The molecular formula is C22H19F3O. The zero-order chi connectivity index (χ0) is 18.7. The molecule has 0 spiro atoms. The van der Waals surface area contributed by atoms with Crippen LogP contribution in [0.25, 0.3) is 21.9 Å². The Hall–Kier alpha value is -2.75. The number of ether oxygens (including phenoxy) is 1. The highest BCUT2D eigenvalue weighted by molar-refractivity contribution is 5.90. The van der Waals surface area contributed by atoms with E-state index < -0.39 is 22.8 Å². The second-order valence-electron chi connectivity index (χ2n) is 5.96. The number of fused-ring (bicyclic) bond motifs is 1. The summed E-state index contributed by atoms with van der Waals surface area (Å²) in [5, 5.41) is -0.108. The lowest BCUT2D eigenvalue weighted by molar-refractivity contribution is 0.342. The molecule has 0 radical (unpaired) electrons. The maximum absolute atomic E-state index is 14.6. The molecule has 0 atom stereocenters. The van der Waals surface area contributed by atoms with Gasteiger partial charge in [0.2, 0.25) is 0 Å². The van der Waals surface area contributed by atoms with Crippen LogP contribution in [-0.4, -0.2) is 6.61 Å². The van der Waals surface area contributed by atoms with Gasteiger partial charge in [-0.1, -0.05) is 49.4 Å². The van der Waals surface area contributed by atoms with Crippen LogP contribution in [0.3, 0.4) is 0 Å². The average Bonchev–Trinajstić information content (AvgIpc) is 2.66. The Balaban J connectivity index is 2.11. The van der Waals surface area contributed by atoms with Gasteiger partial charge in [0.25, 0.3) is 0 Å². The summed E-state index contributed by atoms with van der Waals surface area (Å²) in [4.78, 5) is 0. The summed E-state index contributed by atoms with van der Waals surface area (Å²) in [6.07, 6.45) is 4.31. The van der Waals surface area contributed by atoms with E-state index >= 15 is 0 Å². The number of allylic oxidation sites excluding steroid dienone is 1. The monoisotopic (exact) mass is 356 g/mol. The van der Waals surface area contributed by atoms with Gasteiger partial charge in [-0.05, 0) is 42.0 Å². The van der Waals surface area contributed by atoms with Crippen LogP contribution in [0.4, 0.5) is 13.2 Å². The molecule has 0 N–H and O–H groups in total. The Labute approximate surface area is 150 Å². The van der Waals surface area contributed by atoms with E-state index in [1.165, 1.54) is 18.2 Å². The van der Waals surface area contributed by atoms with E-state index in [0.717, 1.165) is 12.0 Å². The van der Waals surface area contributed by atoms with Crippen LogP contribution < -0.4 is 4.74 Å². The first kappa shape index (κ1) is 18.1. The van der Waals surface area contributed by atoms with Gasteiger partial charge >= 0.3 is 0 Å². The first-order chi connectivity index (χ1) is 12.6. The minimum absolute atomic E-state index is 0.103. The van der Waals surface area contributed by atoms with E-state index in [4.69, 9.17) is 4.74 Å². The summed E-state index contributed by atoms with van der Waals surface area (Å²) in [6.45, 7) is 3.98. The molecule has 0 aromatic heterocycles. The van der Waals surface area contributed by atoms with E-state index in [-0.39, 0.29) is 23.3 Å². The first-order valence-electron chi connectivity index (χ1n) is 8.50. The summed E-state index contributed by atoms with van der Waals surface area (Å²) in [5.74, 6) is -3.26. The lowest BCUT2D eigenvalue weighted by Crippen LogP contribution is -1.99. The maximum atomic E-state index is 14.6. The number of hydrogen-bond donors (Lipinski definition) is 0. The third-order valence-electron chi connectivity index (χ3n) is 4.33. The topological polar surface area (TPSA) is 9.23 Å². The number of halogens is 3. The highest BCUT2D eigenvalue weighted by Gasteiger charge is 2.20. The molecule has 0 aliphatic carbocycles. The van der Waals surface area contributed by atoms with Gasteiger partial charge in [0.1, 0.15) is 6.61 Å². The molecule has 0 fully saturated rings. The predicted octanol–water partition coefficient (Wildman–Crippen LogP) is 6.44. The minimum Gasteiger partial charge on any atom is -0.486 e. The fraction of sp³-hybridized carbons (Fsp3) is 0.182.